The number of benzene rings is 2. The van der Waals surface area contributed by atoms with Crippen molar-refractivity contribution in [3.05, 3.63) is 57.2 Å². The molecule has 6 aliphatic rings. The Labute approximate surface area is 307 Å². The van der Waals surface area contributed by atoms with Crippen molar-refractivity contribution in [2.75, 3.05) is 26.2 Å². The molecule has 1 unspecified atom stereocenters. The number of likely N-dealkylation sites (N-methyl/N-ethyl adjacent to an activating group) is 1. The fraction of sp³-hybridized carbons (Fsp3) is 0.485. The molecule has 1 amide bonds. The zero-order chi connectivity index (χ0) is 31.9. The second kappa shape index (κ2) is 12.5. The number of aromatic hydroxyl groups is 2. The summed E-state index contributed by atoms with van der Waals surface area (Å²) < 4.78 is 17.8. The molecule has 2 fully saturated rings. The van der Waals surface area contributed by atoms with E-state index in [0.717, 1.165) is 22.3 Å². The zero-order valence-corrected chi connectivity index (χ0v) is 31.9. The minimum absolute atomic E-state index is 0. The van der Waals surface area contributed by atoms with Gasteiger partial charge in [-0.2, -0.15) is 5.26 Å². The second-order valence-corrected chi connectivity index (χ2v) is 13.6. The van der Waals surface area contributed by atoms with Gasteiger partial charge in [-0.15, -0.1) is 11.8 Å². The van der Waals surface area contributed by atoms with Crippen molar-refractivity contribution in [2.45, 2.75) is 75.6 Å². The number of phenols is 2. The number of esters is 1. The van der Waals surface area contributed by atoms with Crippen LogP contribution in [0.25, 0.3) is 0 Å². The van der Waals surface area contributed by atoms with Crippen molar-refractivity contribution in [3.8, 4) is 29.1 Å². The summed E-state index contributed by atoms with van der Waals surface area (Å²) in [4.78, 5) is 30.3. The number of amides is 1. The van der Waals surface area contributed by atoms with Crippen LogP contribution in [0.5, 0.6) is 23.0 Å². The van der Waals surface area contributed by atoms with Gasteiger partial charge in [-0.25, -0.2) is 4.79 Å². The maximum Gasteiger partial charge on any atom is 0.329 e. The van der Waals surface area contributed by atoms with Crippen LogP contribution in [-0.4, -0.2) is 82.3 Å². The van der Waals surface area contributed by atoms with Gasteiger partial charge in [0.15, 0.2) is 11.5 Å². The van der Waals surface area contributed by atoms with E-state index in [-0.39, 0.29) is 86.8 Å². The number of ether oxygens (including phenoxy) is 3. The predicted molar refractivity (Wildman–Crippen MR) is 165 cm³/mol. The van der Waals surface area contributed by atoms with Crippen LogP contribution >= 0.6 is 11.8 Å². The zero-order valence-electron chi connectivity index (χ0n) is 26.4. The molecule has 2 saturated heterocycles. The minimum atomic E-state index is -0.940. The summed E-state index contributed by atoms with van der Waals surface area (Å²) in [7, 11) is 2.00. The average Bonchev–Trinajstić information content (AvgIpc) is 3.50. The molecule has 0 spiro atoms. The van der Waals surface area contributed by atoms with E-state index in [4.69, 9.17) is 14.2 Å². The topological polar surface area (TPSA) is 145 Å². The number of nitriles is 1. The summed E-state index contributed by atoms with van der Waals surface area (Å²) in [5, 5.41) is 36.7. The predicted octanol–water partition coefficient (Wildman–Crippen LogP) is 3.37. The van der Waals surface area contributed by atoms with Gasteiger partial charge in [0.25, 0.3) is 0 Å². The number of hydrogen-bond acceptors (Lipinski definition) is 11. The van der Waals surface area contributed by atoms with Crippen LogP contribution in [0.15, 0.2) is 18.2 Å². The standard InChI is InChI=1S/C33H36N4O7S.Ac/c1-6-7-22(38)35-18-12-45-32-25-24(31-30(43-13-44-31)16(4)29(25)40)21(11-42-33(18)41)37-20(10-34)19-9-17-8-14(2)15(3)28(39)23(17)26(27(32)37)36(19)5;/h6-8,18-21,26-27,32,39-40H,9,11-13H2,1-5H3,(H,35,38);/b7-6+;/t18-,19-,20-,21-,26+,27?,32+;/m0./s1. The molecule has 2 aromatic carbocycles. The van der Waals surface area contributed by atoms with E-state index in [1.807, 2.05) is 20.9 Å². The molecule has 6 aliphatic heterocycles. The Morgan fingerprint density at radius 1 is 1.11 bits per heavy atom. The van der Waals surface area contributed by atoms with Crippen molar-refractivity contribution in [1.29, 1.82) is 5.26 Å². The first kappa shape index (κ1) is 33.4. The molecule has 7 atom stereocenters. The Morgan fingerprint density at radius 2 is 1.83 bits per heavy atom. The van der Waals surface area contributed by atoms with Crippen molar-refractivity contribution in [2.24, 2.45) is 0 Å². The molecule has 3 N–H and O–H groups in total. The Morgan fingerprint density at radius 3 is 2.54 bits per heavy atom. The summed E-state index contributed by atoms with van der Waals surface area (Å²) in [5.41, 5.74) is 5.45. The van der Waals surface area contributed by atoms with E-state index in [1.54, 1.807) is 19.9 Å². The summed E-state index contributed by atoms with van der Waals surface area (Å²) in [6.07, 6.45) is 3.52. The van der Waals surface area contributed by atoms with Gasteiger partial charge >= 0.3 is 5.97 Å². The summed E-state index contributed by atoms with van der Waals surface area (Å²) in [6.45, 7) is 7.24. The molecule has 0 aliphatic carbocycles. The van der Waals surface area contributed by atoms with Crippen LogP contribution in [0.2, 0.25) is 0 Å². The van der Waals surface area contributed by atoms with Crippen LogP contribution in [0, 0.1) is 76.2 Å². The molecule has 13 heteroatoms. The Kier molecular flexibility index (Phi) is 9.10. The van der Waals surface area contributed by atoms with Crippen LogP contribution in [0.1, 0.15) is 63.2 Å². The monoisotopic (exact) mass is 859 g/mol. The number of fused-ring (bicyclic) bond motifs is 10. The number of phenolic OH excluding ortho intramolecular Hbond substituents is 2. The number of carbonyl (C=O) groups excluding carboxylic acids is 2. The molecule has 11 nitrogen and oxygen atoms in total. The fourth-order valence-electron chi connectivity index (χ4n) is 8.04. The Hall–Kier alpha value is -2.48. The van der Waals surface area contributed by atoms with Gasteiger partial charge in [-0.05, 0) is 63.9 Å². The van der Waals surface area contributed by atoms with E-state index >= 15 is 0 Å². The molecule has 8 rings (SSSR count). The first-order chi connectivity index (χ1) is 21.6. The SMILES string of the molecule is C/C=C/C(=O)N[C@H]1CS[C@@H]2c3c(O)c(C)c4c(c3[C@H](COC1=O)N1C2[C@H]2c3c(cc(C)c(C)c3O)C[C@@H]([C@@H]1C#N)N2C)OCO4.[Ac]. The van der Waals surface area contributed by atoms with Gasteiger partial charge < -0.3 is 29.7 Å². The van der Waals surface area contributed by atoms with Crippen molar-refractivity contribution < 1.29 is 78.1 Å². The van der Waals surface area contributed by atoms with E-state index in [2.05, 4.69) is 27.3 Å². The van der Waals surface area contributed by atoms with Crippen LogP contribution in [-0.2, 0) is 20.7 Å². The molecular formula is C33H36AcN4O7S. The molecule has 2 aromatic rings. The van der Waals surface area contributed by atoms with Crippen molar-refractivity contribution in [1.82, 2.24) is 15.1 Å². The molecule has 46 heavy (non-hydrogen) atoms. The molecule has 4 bridgehead atoms. The molecule has 0 aromatic heterocycles. The van der Waals surface area contributed by atoms with E-state index in [1.165, 1.54) is 17.8 Å². The minimum Gasteiger partial charge on any atom is -0.507 e. The number of hydrogen-bond donors (Lipinski definition) is 3. The normalized spacial score (nSPS) is 29.6. The number of piperazine rings is 1. The Bertz CT molecular complexity index is 1710. The summed E-state index contributed by atoms with van der Waals surface area (Å²) in [6, 6.07) is 1.49. The molecular weight excluding hydrogens is 823 g/mol. The first-order valence-corrected chi connectivity index (χ1v) is 16.2. The molecule has 6 heterocycles. The molecule has 0 saturated carbocycles. The van der Waals surface area contributed by atoms with Crippen LogP contribution in [0.4, 0.5) is 0 Å². The number of aryl methyl sites for hydroxylation is 1. The van der Waals surface area contributed by atoms with Gasteiger partial charge in [-0.3, -0.25) is 14.6 Å². The van der Waals surface area contributed by atoms with Crippen molar-refractivity contribution in [3.63, 3.8) is 0 Å². The quantitative estimate of drug-likeness (QED) is 0.302. The van der Waals surface area contributed by atoms with Gasteiger partial charge in [0.05, 0.1) is 23.4 Å². The summed E-state index contributed by atoms with van der Waals surface area (Å²) >= 11 is 1.42. The molecule has 1 radical (unpaired) electrons. The average molecular weight is 860 g/mol. The van der Waals surface area contributed by atoms with Crippen LogP contribution < -0.4 is 14.8 Å². The maximum absolute atomic E-state index is 13.4. The third kappa shape index (κ3) is 4.85. The fourth-order valence-corrected chi connectivity index (χ4v) is 9.55. The van der Waals surface area contributed by atoms with Crippen LogP contribution in [0.3, 0.4) is 0 Å². The van der Waals surface area contributed by atoms with E-state index < -0.39 is 41.3 Å². The van der Waals surface area contributed by atoms with Gasteiger partial charge in [-0.1, -0.05) is 12.1 Å². The first-order valence-electron chi connectivity index (χ1n) is 15.2. The summed E-state index contributed by atoms with van der Waals surface area (Å²) in [5.74, 6) is 0.395. The second-order valence-electron chi connectivity index (χ2n) is 12.5. The number of carbonyl (C=O) groups is 2. The number of rotatable bonds is 2. The maximum atomic E-state index is 13.4. The Balaban J connectivity index is 0.00000372. The number of nitrogens with zero attached hydrogens (tertiary/aromatic N) is 3. The molecule has 239 valence electrons. The smallest absolute Gasteiger partial charge is 0.329 e. The van der Waals surface area contributed by atoms with E-state index in [9.17, 15) is 25.1 Å². The van der Waals surface area contributed by atoms with Gasteiger partial charge in [0, 0.05) is 84.2 Å². The van der Waals surface area contributed by atoms with Gasteiger partial charge in [0.2, 0.25) is 12.7 Å². The third-order valence-corrected chi connectivity index (χ3v) is 11.6. The number of nitrogens with one attached hydrogen (secondary N) is 1. The number of thioether (sulfide) groups is 1. The third-order valence-electron chi connectivity index (χ3n) is 10.2. The van der Waals surface area contributed by atoms with Gasteiger partial charge in [0.1, 0.15) is 30.2 Å². The van der Waals surface area contributed by atoms with Crippen molar-refractivity contribution >= 4 is 23.6 Å². The number of allylic oxidation sites excluding steroid dienone is 1. The largest absolute Gasteiger partial charge is 0.507 e. The van der Waals surface area contributed by atoms with E-state index in [0.29, 0.717) is 34.6 Å².